The first-order valence-electron chi connectivity index (χ1n) is 10.3. The number of esters is 1. The molecular formula is C25H23FN2O5. The van der Waals surface area contributed by atoms with E-state index in [2.05, 4.69) is 10.6 Å². The molecular weight excluding hydrogens is 427 g/mol. The molecule has 0 radical (unpaired) electrons. The minimum atomic E-state index is -1.26. The zero-order chi connectivity index (χ0) is 23.6. The summed E-state index contributed by atoms with van der Waals surface area (Å²) in [5.41, 5.74) is 1.14. The lowest BCUT2D eigenvalue weighted by molar-refractivity contribution is -0.153. The van der Waals surface area contributed by atoms with Crippen LogP contribution in [0.1, 0.15) is 28.9 Å². The zero-order valence-electron chi connectivity index (χ0n) is 17.9. The standard InChI is InChI=1S/C25H23FN2O5/c1-2-32-21-14-8-18(9-15-21)24(30)27-16-22(29)33-23(17-6-4-3-5-7-17)25(31)28-20-12-10-19(26)11-13-20/h3-15,23H,2,16H2,1H3,(H,27,30)(H,28,31). The van der Waals surface area contributed by atoms with Gasteiger partial charge in [-0.05, 0) is 55.5 Å². The Bertz CT molecular complexity index is 1090. The SMILES string of the molecule is CCOc1ccc(C(=O)NCC(=O)OC(C(=O)Nc2ccc(F)cc2)c2ccccc2)cc1. The van der Waals surface area contributed by atoms with Crippen molar-refractivity contribution in [2.75, 3.05) is 18.5 Å². The smallest absolute Gasteiger partial charge is 0.326 e. The highest BCUT2D eigenvalue weighted by Crippen LogP contribution is 2.20. The highest BCUT2D eigenvalue weighted by atomic mass is 19.1. The topological polar surface area (TPSA) is 93.7 Å². The fourth-order valence-corrected chi connectivity index (χ4v) is 2.94. The van der Waals surface area contributed by atoms with Crippen LogP contribution in [0, 0.1) is 5.82 Å². The zero-order valence-corrected chi connectivity index (χ0v) is 17.9. The molecule has 0 aliphatic carbocycles. The van der Waals surface area contributed by atoms with E-state index in [4.69, 9.17) is 9.47 Å². The third-order valence-corrected chi connectivity index (χ3v) is 4.52. The monoisotopic (exact) mass is 450 g/mol. The van der Waals surface area contributed by atoms with E-state index in [-0.39, 0.29) is 0 Å². The number of anilines is 1. The Labute approximate surface area is 190 Å². The van der Waals surface area contributed by atoms with Gasteiger partial charge in [0, 0.05) is 16.8 Å². The van der Waals surface area contributed by atoms with Crippen LogP contribution in [-0.4, -0.2) is 30.9 Å². The van der Waals surface area contributed by atoms with E-state index in [1.165, 1.54) is 24.3 Å². The predicted molar refractivity (Wildman–Crippen MR) is 120 cm³/mol. The van der Waals surface area contributed by atoms with Gasteiger partial charge in [0.15, 0.2) is 0 Å². The molecule has 0 spiro atoms. The molecule has 0 aromatic heterocycles. The van der Waals surface area contributed by atoms with Crippen molar-refractivity contribution < 1.29 is 28.2 Å². The van der Waals surface area contributed by atoms with Gasteiger partial charge in [-0.2, -0.15) is 0 Å². The maximum absolute atomic E-state index is 13.1. The minimum Gasteiger partial charge on any atom is -0.494 e. The molecule has 0 fully saturated rings. The normalized spacial score (nSPS) is 11.2. The third kappa shape index (κ3) is 6.90. The molecule has 1 unspecified atom stereocenters. The number of ether oxygens (including phenoxy) is 2. The highest BCUT2D eigenvalue weighted by molar-refractivity contribution is 5.98. The van der Waals surface area contributed by atoms with Crippen molar-refractivity contribution in [1.29, 1.82) is 0 Å². The molecule has 3 rings (SSSR count). The van der Waals surface area contributed by atoms with Crippen LogP contribution in [0.5, 0.6) is 5.75 Å². The summed E-state index contributed by atoms with van der Waals surface area (Å²) >= 11 is 0. The summed E-state index contributed by atoms with van der Waals surface area (Å²) in [6, 6.07) is 20.1. The molecule has 170 valence electrons. The summed E-state index contributed by atoms with van der Waals surface area (Å²) < 4.78 is 23.8. The molecule has 8 heteroatoms. The number of halogens is 1. The average molecular weight is 450 g/mol. The van der Waals surface area contributed by atoms with E-state index >= 15 is 0 Å². The van der Waals surface area contributed by atoms with Gasteiger partial charge in [0.05, 0.1) is 6.61 Å². The quantitative estimate of drug-likeness (QED) is 0.483. The van der Waals surface area contributed by atoms with E-state index < -0.39 is 36.2 Å². The summed E-state index contributed by atoms with van der Waals surface area (Å²) in [6.07, 6.45) is -1.26. The number of nitrogens with one attached hydrogen (secondary N) is 2. The molecule has 1 atom stereocenters. The average Bonchev–Trinajstić information content (AvgIpc) is 2.83. The maximum atomic E-state index is 13.1. The number of rotatable bonds is 9. The first-order valence-corrected chi connectivity index (χ1v) is 10.3. The first kappa shape index (κ1) is 23.5. The predicted octanol–water partition coefficient (Wildman–Crippen LogP) is 3.88. The largest absolute Gasteiger partial charge is 0.494 e. The fourth-order valence-electron chi connectivity index (χ4n) is 2.94. The molecule has 7 nitrogen and oxygen atoms in total. The number of hydrogen-bond acceptors (Lipinski definition) is 5. The van der Waals surface area contributed by atoms with Crippen molar-refractivity contribution in [3.8, 4) is 5.75 Å². The van der Waals surface area contributed by atoms with Crippen molar-refractivity contribution >= 4 is 23.5 Å². The third-order valence-electron chi connectivity index (χ3n) is 4.52. The first-order chi connectivity index (χ1) is 16.0. The van der Waals surface area contributed by atoms with Gasteiger partial charge in [-0.25, -0.2) is 4.39 Å². The van der Waals surface area contributed by atoms with Gasteiger partial charge in [0.1, 0.15) is 18.1 Å². The Balaban J connectivity index is 1.63. The molecule has 0 saturated heterocycles. The second-order valence-electron chi connectivity index (χ2n) is 6.92. The second kappa shape index (κ2) is 11.4. The van der Waals surface area contributed by atoms with E-state index in [9.17, 15) is 18.8 Å². The Morgan fingerprint density at radius 1 is 0.909 bits per heavy atom. The minimum absolute atomic E-state index is 0.347. The lowest BCUT2D eigenvalue weighted by Gasteiger charge is -2.18. The summed E-state index contributed by atoms with van der Waals surface area (Å²) in [7, 11) is 0. The molecule has 0 aliphatic rings. The van der Waals surface area contributed by atoms with Crippen LogP contribution >= 0.6 is 0 Å². The van der Waals surface area contributed by atoms with E-state index in [0.29, 0.717) is 29.2 Å². The summed E-state index contributed by atoms with van der Waals surface area (Å²) in [5, 5.41) is 5.07. The number of carbonyl (C=O) groups excluding carboxylic acids is 3. The molecule has 2 N–H and O–H groups in total. The Kier molecular flexibility index (Phi) is 8.13. The number of carbonyl (C=O) groups is 3. The molecule has 0 heterocycles. The van der Waals surface area contributed by atoms with Crippen LogP contribution in [0.15, 0.2) is 78.9 Å². The Morgan fingerprint density at radius 2 is 1.58 bits per heavy atom. The van der Waals surface area contributed by atoms with Crippen molar-refractivity contribution in [3.05, 3.63) is 95.8 Å². The van der Waals surface area contributed by atoms with Gasteiger partial charge < -0.3 is 20.1 Å². The van der Waals surface area contributed by atoms with Crippen molar-refractivity contribution in [2.24, 2.45) is 0 Å². The van der Waals surface area contributed by atoms with Crippen LogP contribution in [0.3, 0.4) is 0 Å². The molecule has 3 aromatic rings. The summed E-state index contributed by atoms with van der Waals surface area (Å²) in [5.74, 6) is -1.69. The Hall–Kier alpha value is -4.20. The number of hydrogen-bond donors (Lipinski definition) is 2. The molecule has 33 heavy (non-hydrogen) atoms. The molecule has 0 bridgehead atoms. The maximum Gasteiger partial charge on any atom is 0.326 e. The van der Waals surface area contributed by atoms with Gasteiger partial charge in [0.2, 0.25) is 6.10 Å². The molecule has 0 saturated carbocycles. The molecule has 0 aliphatic heterocycles. The van der Waals surface area contributed by atoms with E-state index in [0.717, 1.165) is 0 Å². The van der Waals surface area contributed by atoms with Gasteiger partial charge in [-0.3, -0.25) is 14.4 Å². The van der Waals surface area contributed by atoms with Gasteiger partial charge in [-0.15, -0.1) is 0 Å². The van der Waals surface area contributed by atoms with E-state index in [1.807, 2.05) is 6.92 Å². The summed E-state index contributed by atoms with van der Waals surface area (Å²) in [6.45, 7) is 1.93. The van der Waals surface area contributed by atoms with Crippen LogP contribution in [-0.2, 0) is 14.3 Å². The fraction of sp³-hybridized carbons (Fsp3) is 0.160. The van der Waals surface area contributed by atoms with Crippen LogP contribution in [0.25, 0.3) is 0 Å². The highest BCUT2D eigenvalue weighted by Gasteiger charge is 2.25. The second-order valence-corrected chi connectivity index (χ2v) is 6.92. The van der Waals surface area contributed by atoms with Gasteiger partial charge in [-0.1, -0.05) is 30.3 Å². The summed E-state index contributed by atoms with van der Waals surface area (Å²) in [4.78, 5) is 37.5. The van der Waals surface area contributed by atoms with Crippen molar-refractivity contribution in [2.45, 2.75) is 13.0 Å². The van der Waals surface area contributed by atoms with Crippen LogP contribution in [0.4, 0.5) is 10.1 Å². The Morgan fingerprint density at radius 3 is 2.21 bits per heavy atom. The van der Waals surface area contributed by atoms with Gasteiger partial charge >= 0.3 is 5.97 Å². The van der Waals surface area contributed by atoms with Gasteiger partial charge in [0.25, 0.3) is 11.8 Å². The number of amides is 2. The lowest BCUT2D eigenvalue weighted by atomic mass is 10.1. The number of benzene rings is 3. The van der Waals surface area contributed by atoms with Crippen molar-refractivity contribution in [3.63, 3.8) is 0 Å². The van der Waals surface area contributed by atoms with Crippen molar-refractivity contribution in [1.82, 2.24) is 5.32 Å². The van der Waals surface area contributed by atoms with Crippen LogP contribution in [0.2, 0.25) is 0 Å². The van der Waals surface area contributed by atoms with Crippen LogP contribution < -0.4 is 15.4 Å². The molecule has 3 aromatic carbocycles. The molecule has 2 amide bonds. The van der Waals surface area contributed by atoms with E-state index in [1.54, 1.807) is 54.6 Å². The lowest BCUT2D eigenvalue weighted by Crippen LogP contribution is -2.33.